The molecule has 0 fully saturated rings. The maximum absolute atomic E-state index is 2.47. The van der Waals surface area contributed by atoms with E-state index in [4.69, 9.17) is 0 Å². The first-order valence-corrected chi connectivity index (χ1v) is 9.72. The molecule has 4 unspecified atom stereocenters. The van der Waals surface area contributed by atoms with Crippen LogP contribution in [0.15, 0.2) is 0 Å². The average molecular weight is 297 g/mol. The highest BCUT2D eigenvalue weighted by Gasteiger charge is 2.15. The van der Waals surface area contributed by atoms with Gasteiger partial charge in [0.25, 0.3) is 0 Å². The van der Waals surface area contributed by atoms with E-state index in [9.17, 15) is 0 Å². The van der Waals surface area contributed by atoms with E-state index in [0.717, 1.165) is 35.5 Å². The molecule has 128 valence electrons. The molecule has 0 heterocycles. The fourth-order valence-corrected chi connectivity index (χ4v) is 3.25. The number of hydrogen-bond donors (Lipinski definition) is 0. The fourth-order valence-electron chi connectivity index (χ4n) is 3.25. The smallest absolute Gasteiger partial charge is 0.0417 e. The van der Waals surface area contributed by atoms with Crippen LogP contribution >= 0.6 is 0 Å². The normalized spacial score (nSPS) is 18.0. The Balaban J connectivity index is 3.82. The summed E-state index contributed by atoms with van der Waals surface area (Å²) in [5, 5.41) is 0. The molecule has 0 nitrogen and oxygen atoms in total. The van der Waals surface area contributed by atoms with Gasteiger partial charge in [-0.25, -0.2) is 0 Å². The molecule has 0 aliphatic rings. The zero-order chi connectivity index (χ0) is 16.4. The molecule has 0 saturated heterocycles. The van der Waals surface area contributed by atoms with Crippen LogP contribution in [0.25, 0.3) is 0 Å². The highest BCUT2D eigenvalue weighted by Crippen LogP contribution is 2.28. The minimum atomic E-state index is 0.861. The Morgan fingerprint density at radius 3 is 1.19 bits per heavy atom. The Morgan fingerprint density at radius 1 is 0.429 bits per heavy atom. The molecule has 0 radical (unpaired) electrons. The van der Waals surface area contributed by atoms with Crippen molar-refractivity contribution in [1.82, 2.24) is 0 Å². The van der Waals surface area contributed by atoms with Gasteiger partial charge < -0.3 is 0 Å². The summed E-state index contributed by atoms with van der Waals surface area (Å²) in [5.74, 6) is 5.35. The molecule has 0 aliphatic carbocycles. The second-order valence-electron chi connectivity index (χ2n) is 8.92. The Hall–Kier alpha value is 0. The predicted molar refractivity (Wildman–Crippen MR) is 98.7 cm³/mol. The third-order valence-electron chi connectivity index (χ3n) is 5.33. The van der Waals surface area contributed by atoms with Crippen molar-refractivity contribution in [1.29, 1.82) is 0 Å². The average Bonchev–Trinajstić information content (AvgIpc) is 2.39. The van der Waals surface area contributed by atoms with Crippen LogP contribution in [0.3, 0.4) is 0 Å². The summed E-state index contributed by atoms with van der Waals surface area (Å²) in [7, 11) is 0. The first-order valence-electron chi connectivity index (χ1n) is 9.72. The minimum Gasteiger partial charge on any atom is -0.0628 e. The molecule has 0 rings (SSSR count). The van der Waals surface area contributed by atoms with Crippen molar-refractivity contribution in [3.05, 3.63) is 0 Å². The van der Waals surface area contributed by atoms with Gasteiger partial charge in [0.1, 0.15) is 0 Å². The van der Waals surface area contributed by atoms with Crippen LogP contribution in [0, 0.1) is 35.5 Å². The van der Waals surface area contributed by atoms with Crippen LogP contribution in [0.4, 0.5) is 0 Å². The quantitative estimate of drug-likeness (QED) is 0.348. The zero-order valence-electron chi connectivity index (χ0n) is 16.4. The molecule has 0 amide bonds. The maximum atomic E-state index is 2.47. The topological polar surface area (TPSA) is 0 Å². The molecule has 4 atom stereocenters. The first-order chi connectivity index (χ1) is 9.72. The highest BCUT2D eigenvalue weighted by molar-refractivity contribution is 4.67. The van der Waals surface area contributed by atoms with E-state index in [0.29, 0.717) is 0 Å². The molecule has 0 saturated carbocycles. The largest absolute Gasteiger partial charge is 0.0628 e. The van der Waals surface area contributed by atoms with Crippen LogP contribution in [0.5, 0.6) is 0 Å². The molecule has 0 aliphatic heterocycles. The van der Waals surface area contributed by atoms with Crippen LogP contribution < -0.4 is 0 Å². The Kier molecular flexibility index (Phi) is 11.6. The monoisotopic (exact) mass is 296 g/mol. The van der Waals surface area contributed by atoms with Crippen molar-refractivity contribution in [3.8, 4) is 0 Å². The van der Waals surface area contributed by atoms with Crippen LogP contribution in [-0.4, -0.2) is 0 Å². The second kappa shape index (κ2) is 11.6. The number of hydrogen-bond acceptors (Lipinski definition) is 0. The SMILES string of the molecule is CC(C)CCC(C)CC(C)CCC(C)C(C)CCC(C)C. The van der Waals surface area contributed by atoms with Gasteiger partial charge in [0.05, 0.1) is 0 Å². The van der Waals surface area contributed by atoms with Crippen LogP contribution in [-0.2, 0) is 0 Å². The van der Waals surface area contributed by atoms with E-state index >= 15 is 0 Å². The van der Waals surface area contributed by atoms with Crippen molar-refractivity contribution in [3.63, 3.8) is 0 Å². The van der Waals surface area contributed by atoms with Gasteiger partial charge in [-0.05, 0) is 41.9 Å². The van der Waals surface area contributed by atoms with Gasteiger partial charge in [0.15, 0.2) is 0 Å². The van der Waals surface area contributed by atoms with Gasteiger partial charge in [0.2, 0.25) is 0 Å². The summed E-state index contributed by atoms with van der Waals surface area (Å²) in [6, 6.07) is 0. The van der Waals surface area contributed by atoms with Crippen LogP contribution in [0.2, 0.25) is 0 Å². The fraction of sp³-hybridized carbons (Fsp3) is 1.00. The lowest BCUT2D eigenvalue weighted by molar-refractivity contribution is 0.281. The Bertz CT molecular complexity index is 228. The summed E-state index contributed by atoms with van der Waals surface area (Å²) in [6.45, 7) is 19.2. The Morgan fingerprint density at radius 2 is 0.762 bits per heavy atom. The van der Waals surface area contributed by atoms with Crippen molar-refractivity contribution in [2.45, 2.75) is 100 Å². The molecule has 0 heteroatoms. The summed E-state index contributed by atoms with van der Waals surface area (Å²) in [5.41, 5.74) is 0. The van der Waals surface area contributed by atoms with Gasteiger partial charge in [-0.2, -0.15) is 0 Å². The summed E-state index contributed by atoms with van der Waals surface area (Å²) < 4.78 is 0. The first kappa shape index (κ1) is 21.0. The second-order valence-corrected chi connectivity index (χ2v) is 8.92. The molecule has 21 heavy (non-hydrogen) atoms. The predicted octanol–water partition coefficient (Wildman–Crippen LogP) is 7.57. The lowest BCUT2D eigenvalue weighted by Crippen LogP contribution is -2.12. The van der Waals surface area contributed by atoms with E-state index in [2.05, 4.69) is 55.4 Å². The molecule has 0 aromatic carbocycles. The zero-order valence-corrected chi connectivity index (χ0v) is 16.4. The van der Waals surface area contributed by atoms with Crippen molar-refractivity contribution in [2.24, 2.45) is 35.5 Å². The molecule has 0 N–H and O–H groups in total. The summed E-state index contributed by atoms with van der Waals surface area (Å²) in [4.78, 5) is 0. The van der Waals surface area contributed by atoms with E-state index in [1.54, 1.807) is 0 Å². The number of rotatable bonds is 12. The minimum absolute atomic E-state index is 0.861. The third kappa shape index (κ3) is 12.2. The lowest BCUT2D eigenvalue weighted by Gasteiger charge is -2.23. The molecule has 0 aromatic heterocycles. The van der Waals surface area contributed by atoms with E-state index in [-0.39, 0.29) is 0 Å². The Labute approximate surface area is 136 Å². The van der Waals surface area contributed by atoms with E-state index in [1.807, 2.05) is 0 Å². The molecule has 0 spiro atoms. The summed E-state index contributed by atoms with van der Waals surface area (Å²) >= 11 is 0. The maximum Gasteiger partial charge on any atom is -0.0417 e. The van der Waals surface area contributed by atoms with E-state index < -0.39 is 0 Å². The lowest BCUT2D eigenvalue weighted by atomic mass is 9.82. The van der Waals surface area contributed by atoms with Crippen molar-refractivity contribution in [2.75, 3.05) is 0 Å². The standard InChI is InChI=1S/C21H44/c1-16(2)9-11-18(5)15-19(6)12-14-21(8)20(7)13-10-17(3)4/h16-21H,9-15H2,1-8H3. The molecular weight excluding hydrogens is 252 g/mol. The van der Waals surface area contributed by atoms with Crippen LogP contribution in [0.1, 0.15) is 100 Å². The highest BCUT2D eigenvalue weighted by atomic mass is 14.2. The van der Waals surface area contributed by atoms with Gasteiger partial charge >= 0.3 is 0 Å². The van der Waals surface area contributed by atoms with Crippen molar-refractivity contribution >= 4 is 0 Å². The van der Waals surface area contributed by atoms with E-state index in [1.165, 1.54) is 44.9 Å². The van der Waals surface area contributed by atoms with Crippen molar-refractivity contribution < 1.29 is 0 Å². The third-order valence-corrected chi connectivity index (χ3v) is 5.33. The summed E-state index contributed by atoms with van der Waals surface area (Å²) in [6.07, 6.45) is 9.92. The van der Waals surface area contributed by atoms with Gasteiger partial charge in [0, 0.05) is 0 Å². The molecule has 0 bridgehead atoms. The molecular formula is C21H44. The van der Waals surface area contributed by atoms with Gasteiger partial charge in [-0.15, -0.1) is 0 Å². The van der Waals surface area contributed by atoms with Gasteiger partial charge in [-0.3, -0.25) is 0 Å². The van der Waals surface area contributed by atoms with Gasteiger partial charge in [-0.1, -0.05) is 93.9 Å². The molecule has 0 aromatic rings.